The van der Waals surface area contributed by atoms with Crippen molar-refractivity contribution < 1.29 is 17.6 Å². The van der Waals surface area contributed by atoms with Crippen molar-refractivity contribution in [2.45, 2.75) is 90.4 Å². The molecule has 0 heterocycles. The highest BCUT2D eigenvalue weighted by Gasteiger charge is 2.32. The largest absolute Gasteiger partial charge is 0.203 e. The van der Waals surface area contributed by atoms with Crippen molar-refractivity contribution in [2.24, 2.45) is 17.8 Å². The van der Waals surface area contributed by atoms with Crippen LogP contribution in [0.15, 0.2) is 36.4 Å². The van der Waals surface area contributed by atoms with Crippen LogP contribution in [0.25, 0.3) is 11.1 Å². The molecule has 0 spiro atoms. The molecule has 0 amide bonds. The second-order valence-electron chi connectivity index (χ2n) is 10.6. The first-order chi connectivity index (χ1) is 16.9. The Hall–Kier alpha value is -2.10. The standard InChI is InChI=1S/C31H38F4/c1-3-5-6-7-20-8-10-22(11-9-20)23-12-14-24(15-13-23)25-18-19-27(31(35)29(25)33)26-17-16-21(4-2)28(32)30(26)34/h3,5,16-20,22-24H,4,6-15H2,1-2H3. The van der Waals surface area contributed by atoms with Gasteiger partial charge in [0.25, 0.3) is 0 Å². The van der Waals surface area contributed by atoms with Crippen LogP contribution in [0.1, 0.15) is 95.1 Å². The number of hydrogen-bond donors (Lipinski definition) is 0. The molecule has 4 rings (SSSR count). The Morgan fingerprint density at radius 3 is 1.89 bits per heavy atom. The lowest BCUT2D eigenvalue weighted by Crippen LogP contribution is -2.25. The summed E-state index contributed by atoms with van der Waals surface area (Å²) >= 11 is 0. The summed E-state index contributed by atoms with van der Waals surface area (Å²) < 4.78 is 59.0. The first-order valence-electron chi connectivity index (χ1n) is 13.5. The zero-order valence-electron chi connectivity index (χ0n) is 21.1. The van der Waals surface area contributed by atoms with Crippen molar-refractivity contribution in [3.8, 4) is 11.1 Å². The zero-order valence-corrected chi connectivity index (χ0v) is 21.1. The zero-order chi connectivity index (χ0) is 24.9. The molecule has 4 heteroatoms. The molecule has 2 aromatic rings. The van der Waals surface area contributed by atoms with Gasteiger partial charge in [0.1, 0.15) is 0 Å². The van der Waals surface area contributed by atoms with Gasteiger partial charge >= 0.3 is 0 Å². The van der Waals surface area contributed by atoms with Gasteiger partial charge in [0, 0.05) is 11.1 Å². The van der Waals surface area contributed by atoms with Crippen molar-refractivity contribution >= 4 is 0 Å². The molecule has 190 valence electrons. The number of aryl methyl sites for hydroxylation is 1. The normalized spacial score (nSPS) is 25.3. The SMILES string of the molecule is CC=CCCC1CCC(C2CCC(c3ccc(-c4ccc(CC)c(F)c4F)c(F)c3F)CC2)CC1. The van der Waals surface area contributed by atoms with E-state index in [1.807, 2.05) is 0 Å². The highest BCUT2D eigenvalue weighted by atomic mass is 19.2. The maximum absolute atomic E-state index is 15.1. The van der Waals surface area contributed by atoms with E-state index in [0.29, 0.717) is 17.9 Å². The molecule has 2 aliphatic carbocycles. The van der Waals surface area contributed by atoms with Crippen LogP contribution in [0.2, 0.25) is 0 Å². The second kappa shape index (κ2) is 11.8. The maximum Gasteiger partial charge on any atom is 0.167 e. The summed E-state index contributed by atoms with van der Waals surface area (Å²) in [6.45, 7) is 3.80. The third kappa shape index (κ3) is 5.67. The molecule has 2 saturated carbocycles. The maximum atomic E-state index is 15.1. The molecule has 0 atom stereocenters. The third-order valence-electron chi connectivity index (χ3n) is 8.69. The molecular weight excluding hydrogens is 448 g/mol. The molecule has 0 aromatic heterocycles. The summed E-state index contributed by atoms with van der Waals surface area (Å²) in [6.07, 6.45) is 16.3. The van der Waals surface area contributed by atoms with Gasteiger partial charge in [0.05, 0.1) is 0 Å². The Bertz CT molecular complexity index is 1020. The molecule has 0 nitrogen and oxygen atoms in total. The summed E-state index contributed by atoms with van der Waals surface area (Å²) in [5, 5.41) is 0. The quantitative estimate of drug-likeness (QED) is 0.270. The fourth-order valence-corrected chi connectivity index (χ4v) is 6.51. The summed E-state index contributed by atoms with van der Waals surface area (Å²) in [5.74, 6) is -1.81. The third-order valence-corrected chi connectivity index (χ3v) is 8.69. The van der Waals surface area contributed by atoms with E-state index in [-0.39, 0.29) is 22.6 Å². The van der Waals surface area contributed by atoms with Crippen molar-refractivity contribution in [2.75, 3.05) is 0 Å². The average Bonchev–Trinajstić information content (AvgIpc) is 2.88. The highest BCUT2D eigenvalue weighted by Crippen LogP contribution is 2.45. The Morgan fingerprint density at radius 2 is 1.29 bits per heavy atom. The fourth-order valence-electron chi connectivity index (χ4n) is 6.51. The van der Waals surface area contributed by atoms with Crippen LogP contribution in [0, 0.1) is 41.0 Å². The predicted octanol–water partition coefficient (Wildman–Crippen LogP) is 9.91. The van der Waals surface area contributed by atoms with Crippen LogP contribution < -0.4 is 0 Å². The topological polar surface area (TPSA) is 0 Å². The Morgan fingerprint density at radius 1 is 0.714 bits per heavy atom. The van der Waals surface area contributed by atoms with Gasteiger partial charge in [-0.2, -0.15) is 0 Å². The smallest absolute Gasteiger partial charge is 0.167 e. The van der Waals surface area contributed by atoms with Gasteiger partial charge in [-0.15, -0.1) is 0 Å². The van der Waals surface area contributed by atoms with E-state index in [2.05, 4.69) is 19.1 Å². The number of allylic oxidation sites excluding steroid dienone is 2. The molecule has 35 heavy (non-hydrogen) atoms. The Labute approximate surface area is 207 Å². The van der Waals surface area contributed by atoms with E-state index in [1.165, 1.54) is 56.7 Å². The van der Waals surface area contributed by atoms with Crippen molar-refractivity contribution in [1.82, 2.24) is 0 Å². The molecule has 0 saturated heterocycles. The number of halogens is 4. The van der Waals surface area contributed by atoms with Crippen molar-refractivity contribution in [3.05, 3.63) is 70.8 Å². The lowest BCUT2D eigenvalue weighted by Gasteiger charge is -2.38. The van der Waals surface area contributed by atoms with Gasteiger partial charge in [0.2, 0.25) is 0 Å². The number of hydrogen-bond acceptors (Lipinski definition) is 0. The van der Waals surface area contributed by atoms with Gasteiger partial charge in [0.15, 0.2) is 23.3 Å². The summed E-state index contributed by atoms with van der Waals surface area (Å²) in [6, 6.07) is 5.78. The van der Waals surface area contributed by atoms with Crippen LogP contribution in [0.4, 0.5) is 17.6 Å². The van der Waals surface area contributed by atoms with E-state index >= 15 is 8.78 Å². The lowest BCUT2D eigenvalue weighted by atomic mass is 9.68. The average molecular weight is 487 g/mol. The van der Waals surface area contributed by atoms with Crippen molar-refractivity contribution in [3.63, 3.8) is 0 Å². The van der Waals surface area contributed by atoms with Gasteiger partial charge in [-0.05, 0) is 99.5 Å². The molecule has 0 radical (unpaired) electrons. The summed E-state index contributed by atoms with van der Waals surface area (Å²) in [5.41, 5.74) is 0.156. The van der Waals surface area contributed by atoms with Gasteiger partial charge in [-0.3, -0.25) is 0 Å². The first-order valence-corrected chi connectivity index (χ1v) is 13.5. The van der Waals surface area contributed by atoms with E-state index < -0.39 is 23.3 Å². The Balaban J connectivity index is 1.39. The molecule has 0 N–H and O–H groups in total. The molecule has 0 aliphatic heterocycles. The summed E-state index contributed by atoms with van der Waals surface area (Å²) in [4.78, 5) is 0. The lowest BCUT2D eigenvalue weighted by molar-refractivity contribution is 0.156. The molecule has 0 bridgehead atoms. The summed E-state index contributed by atoms with van der Waals surface area (Å²) in [7, 11) is 0. The monoisotopic (exact) mass is 486 g/mol. The van der Waals surface area contributed by atoms with Crippen LogP contribution in [-0.2, 0) is 6.42 Å². The van der Waals surface area contributed by atoms with E-state index in [4.69, 9.17) is 0 Å². The van der Waals surface area contributed by atoms with E-state index in [1.54, 1.807) is 13.0 Å². The number of benzene rings is 2. The van der Waals surface area contributed by atoms with Crippen LogP contribution in [-0.4, -0.2) is 0 Å². The number of rotatable bonds is 7. The molecule has 2 fully saturated rings. The highest BCUT2D eigenvalue weighted by molar-refractivity contribution is 5.66. The minimum Gasteiger partial charge on any atom is -0.203 e. The van der Waals surface area contributed by atoms with Crippen LogP contribution in [0.3, 0.4) is 0 Å². The van der Waals surface area contributed by atoms with E-state index in [9.17, 15) is 8.78 Å². The molecule has 2 aromatic carbocycles. The van der Waals surface area contributed by atoms with Crippen LogP contribution >= 0.6 is 0 Å². The van der Waals surface area contributed by atoms with Gasteiger partial charge in [-0.25, -0.2) is 17.6 Å². The van der Waals surface area contributed by atoms with Crippen molar-refractivity contribution in [1.29, 1.82) is 0 Å². The van der Waals surface area contributed by atoms with E-state index in [0.717, 1.165) is 37.5 Å². The first kappa shape index (κ1) is 26.0. The second-order valence-corrected chi connectivity index (χ2v) is 10.6. The molecule has 0 unspecified atom stereocenters. The molecular formula is C31H38F4. The van der Waals surface area contributed by atoms with Crippen LogP contribution in [0.5, 0.6) is 0 Å². The predicted molar refractivity (Wildman–Crippen MR) is 135 cm³/mol. The minimum absolute atomic E-state index is 0.0176. The van der Waals surface area contributed by atoms with Gasteiger partial charge in [-0.1, -0.05) is 56.2 Å². The fraction of sp³-hybridized carbons (Fsp3) is 0.548. The molecule has 2 aliphatic rings. The van der Waals surface area contributed by atoms with Gasteiger partial charge < -0.3 is 0 Å². The Kier molecular flexibility index (Phi) is 8.73. The minimum atomic E-state index is -1.12.